The van der Waals surface area contributed by atoms with Crippen LogP contribution in [0.5, 0.6) is 0 Å². The zero-order chi connectivity index (χ0) is 24.6. The van der Waals surface area contributed by atoms with E-state index in [1.165, 1.54) is 0 Å². The van der Waals surface area contributed by atoms with Gasteiger partial charge in [0.1, 0.15) is 23.2 Å². The van der Waals surface area contributed by atoms with Crippen molar-refractivity contribution in [2.45, 2.75) is 6.17 Å². The zero-order valence-electron chi connectivity index (χ0n) is 20.0. The zero-order valence-corrected chi connectivity index (χ0v) is 20.0. The molecule has 5 aromatic carbocycles. The highest BCUT2D eigenvalue weighted by molar-refractivity contribution is 6.14. The van der Waals surface area contributed by atoms with E-state index in [-0.39, 0.29) is 6.17 Å². The van der Waals surface area contributed by atoms with Gasteiger partial charge in [0.05, 0.1) is 0 Å². The summed E-state index contributed by atoms with van der Waals surface area (Å²) >= 11 is 0. The first-order valence-electron chi connectivity index (χ1n) is 12.4. The molecule has 7 rings (SSSR count). The van der Waals surface area contributed by atoms with Gasteiger partial charge in [-0.2, -0.15) is 0 Å². The molecule has 0 saturated heterocycles. The van der Waals surface area contributed by atoms with Crippen molar-refractivity contribution >= 4 is 33.6 Å². The number of aliphatic imine (C=N–C) groups is 2. The normalized spacial score (nSPS) is 15.3. The summed E-state index contributed by atoms with van der Waals surface area (Å²) in [5, 5.41) is 5.81. The first kappa shape index (κ1) is 21.3. The number of nitrogens with zero attached hydrogens (tertiary/aromatic N) is 2. The molecule has 1 aliphatic rings. The van der Waals surface area contributed by atoms with Gasteiger partial charge in [0, 0.05) is 21.9 Å². The highest BCUT2D eigenvalue weighted by Gasteiger charge is 2.21. The fraction of sp³-hybridized carbons (Fsp3) is 0.0303. The van der Waals surface area contributed by atoms with Gasteiger partial charge in [-0.05, 0) is 28.8 Å². The molecule has 4 heteroatoms. The minimum atomic E-state index is -0.213. The summed E-state index contributed by atoms with van der Waals surface area (Å²) in [7, 11) is 0. The molecular weight excluding hydrogens is 454 g/mol. The third-order valence-electron chi connectivity index (χ3n) is 6.76. The number of hydrogen-bond donors (Lipinski definition) is 1. The molecule has 1 N–H and O–H groups in total. The fourth-order valence-corrected chi connectivity index (χ4v) is 4.94. The van der Waals surface area contributed by atoms with E-state index >= 15 is 0 Å². The number of hydrogen-bond acceptors (Lipinski definition) is 4. The monoisotopic (exact) mass is 477 g/mol. The molecule has 4 nitrogen and oxygen atoms in total. The Morgan fingerprint density at radius 3 is 2.05 bits per heavy atom. The van der Waals surface area contributed by atoms with E-state index in [1.807, 2.05) is 72.8 Å². The van der Waals surface area contributed by atoms with Crippen molar-refractivity contribution < 1.29 is 4.42 Å². The maximum absolute atomic E-state index is 6.10. The van der Waals surface area contributed by atoms with Crippen LogP contribution in [0.1, 0.15) is 22.9 Å². The number of benzene rings is 5. The van der Waals surface area contributed by atoms with Crippen molar-refractivity contribution in [3.63, 3.8) is 0 Å². The average molecular weight is 478 g/mol. The Balaban J connectivity index is 1.29. The van der Waals surface area contributed by atoms with Crippen LogP contribution in [-0.4, -0.2) is 11.7 Å². The Morgan fingerprint density at radius 1 is 0.568 bits per heavy atom. The molecule has 1 atom stereocenters. The van der Waals surface area contributed by atoms with Crippen LogP contribution in [0.15, 0.2) is 142 Å². The minimum Gasteiger partial charge on any atom is -0.456 e. The number of rotatable bonds is 4. The summed E-state index contributed by atoms with van der Waals surface area (Å²) in [6, 6.07) is 43.4. The highest BCUT2D eigenvalue weighted by Crippen LogP contribution is 2.36. The van der Waals surface area contributed by atoms with E-state index in [1.54, 1.807) is 0 Å². The summed E-state index contributed by atoms with van der Waals surface area (Å²) < 4.78 is 6.10. The molecular formula is C33H23N3O. The van der Waals surface area contributed by atoms with Crippen LogP contribution < -0.4 is 5.32 Å². The SMILES string of the molecule is c1ccc(C2=NC(c3ccccc3)NC(c3ccc(-c4cccc5oc6ccccc6c45)cc3)=N2)cc1. The predicted molar refractivity (Wildman–Crippen MR) is 151 cm³/mol. The molecule has 0 saturated carbocycles. The van der Waals surface area contributed by atoms with E-state index in [2.05, 4.69) is 59.9 Å². The van der Waals surface area contributed by atoms with Crippen molar-refractivity contribution in [2.24, 2.45) is 9.98 Å². The van der Waals surface area contributed by atoms with Gasteiger partial charge in [0.25, 0.3) is 0 Å². The molecule has 176 valence electrons. The van der Waals surface area contributed by atoms with Gasteiger partial charge in [0.15, 0.2) is 5.84 Å². The van der Waals surface area contributed by atoms with Crippen LogP contribution >= 0.6 is 0 Å². The summed E-state index contributed by atoms with van der Waals surface area (Å²) in [6.07, 6.45) is -0.213. The van der Waals surface area contributed by atoms with Crippen LogP contribution in [0.4, 0.5) is 0 Å². The Kier molecular flexibility index (Phi) is 5.14. The Bertz CT molecular complexity index is 1780. The minimum absolute atomic E-state index is 0.213. The smallest absolute Gasteiger partial charge is 0.159 e. The summed E-state index contributed by atoms with van der Waals surface area (Å²) in [5.41, 5.74) is 7.20. The van der Waals surface area contributed by atoms with Crippen molar-refractivity contribution in [1.29, 1.82) is 0 Å². The van der Waals surface area contributed by atoms with Crippen LogP contribution in [-0.2, 0) is 0 Å². The largest absolute Gasteiger partial charge is 0.456 e. The van der Waals surface area contributed by atoms with Crippen LogP contribution in [0.3, 0.4) is 0 Å². The summed E-state index contributed by atoms with van der Waals surface area (Å²) in [4.78, 5) is 9.85. The van der Waals surface area contributed by atoms with Gasteiger partial charge >= 0.3 is 0 Å². The second-order valence-corrected chi connectivity index (χ2v) is 9.09. The van der Waals surface area contributed by atoms with Crippen molar-refractivity contribution in [2.75, 3.05) is 0 Å². The fourth-order valence-electron chi connectivity index (χ4n) is 4.94. The number of para-hydroxylation sites is 1. The molecule has 1 unspecified atom stereocenters. The number of fused-ring (bicyclic) bond motifs is 3. The van der Waals surface area contributed by atoms with E-state index in [0.717, 1.165) is 61.4 Å². The van der Waals surface area contributed by atoms with Crippen LogP contribution in [0, 0.1) is 0 Å². The molecule has 2 heterocycles. The second kappa shape index (κ2) is 8.92. The lowest BCUT2D eigenvalue weighted by Gasteiger charge is -2.23. The van der Waals surface area contributed by atoms with Gasteiger partial charge in [-0.1, -0.05) is 115 Å². The summed E-state index contributed by atoms with van der Waals surface area (Å²) in [5.74, 6) is 1.53. The second-order valence-electron chi connectivity index (χ2n) is 9.09. The average Bonchev–Trinajstić information content (AvgIpc) is 3.37. The van der Waals surface area contributed by atoms with E-state index in [0.29, 0.717) is 0 Å². The van der Waals surface area contributed by atoms with Gasteiger partial charge in [-0.25, -0.2) is 9.98 Å². The molecule has 0 aliphatic carbocycles. The summed E-state index contributed by atoms with van der Waals surface area (Å²) in [6.45, 7) is 0. The molecule has 0 radical (unpaired) electrons. The van der Waals surface area contributed by atoms with Crippen molar-refractivity contribution in [3.05, 3.63) is 144 Å². The van der Waals surface area contributed by atoms with Gasteiger partial charge < -0.3 is 9.73 Å². The molecule has 0 bridgehead atoms. The molecule has 1 aliphatic heterocycles. The number of amidine groups is 2. The molecule has 0 spiro atoms. The molecule has 1 aromatic heterocycles. The van der Waals surface area contributed by atoms with Crippen LogP contribution in [0.2, 0.25) is 0 Å². The van der Waals surface area contributed by atoms with E-state index in [4.69, 9.17) is 14.4 Å². The number of nitrogens with one attached hydrogen (secondary N) is 1. The first-order valence-corrected chi connectivity index (χ1v) is 12.4. The molecule has 0 fully saturated rings. The first-order chi connectivity index (χ1) is 18.3. The van der Waals surface area contributed by atoms with Gasteiger partial charge in [0.2, 0.25) is 0 Å². The van der Waals surface area contributed by atoms with Crippen molar-refractivity contribution in [1.82, 2.24) is 5.32 Å². The lowest BCUT2D eigenvalue weighted by Crippen LogP contribution is -2.33. The predicted octanol–water partition coefficient (Wildman–Crippen LogP) is 7.75. The Morgan fingerprint density at radius 2 is 1.24 bits per heavy atom. The molecule has 37 heavy (non-hydrogen) atoms. The third-order valence-corrected chi connectivity index (χ3v) is 6.76. The number of furan rings is 1. The molecule has 0 amide bonds. The standard InChI is InChI=1S/C33H23N3O/c1-3-10-23(11-4-1)31-34-32(24-12-5-2-6-13-24)36-33(35-31)25-20-18-22(19-21-25)26-15-9-17-29-30(26)27-14-7-8-16-28(27)37-29/h1-21,31H,(H,34,35,36). The molecule has 6 aromatic rings. The Hall–Kier alpha value is -4.96. The maximum Gasteiger partial charge on any atom is 0.159 e. The van der Waals surface area contributed by atoms with Crippen LogP contribution in [0.25, 0.3) is 33.1 Å². The lowest BCUT2D eigenvalue weighted by atomic mass is 9.98. The van der Waals surface area contributed by atoms with Gasteiger partial charge in [-0.3, -0.25) is 0 Å². The third kappa shape index (κ3) is 3.89. The maximum atomic E-state index is 6.10. The Labute approximate surface area is 214 Å². The van der Waals surface area contributed by atoms with E-state index < -0.39 is 0 Å². The highest BCUT2D eigenvalue weighted by atomic mass is 16.3. The van der Waals surface area contributed by atoms with Gasteiger partial charge in [-0.15, -0.1) is 0 Å². The van der Waals surface area contributed by atoms with E-state index in [9.17, 15) is 0 Å². The quantitative estimate of drug-likeness (QED) is 0.282. The lowest BCUT2D eigenvalue weighted by molar-refractivity contribution is 0.669. The topological polar surface area (TPSA) is 49.9 Å². The van der Waals surface area contributed by atoms with Crippen molar-refractivity contribution in [3.8, 4) is 11.1 Å².